The molecule has 0 amide bonds. The number of esters is 1. The monoisotopic (exact) mass is 401 g/mol. The van der Waals surface area contributed by atoms with E-state index >= 15 is 0 Å². The fraction of sp³-hybridized carbons (Fsp3) is 0.300. The number of ether oxygens (including phenoxy) is 1. The third-order valence-electron chi connectivity index (χ3n) is 4.74. The first kappa shape index (κ1) is 18.2. The molecule has 4 rings (SSSR count). The molecule has 3 aromatic rings. The number of thiazole rings is 1. The van der Waals surface area contributed by atoms with Crippen molar-refractivity contribution in [2.45, 2.75) is 6.54 Å². The second kappa shape index (κ2) is 7.84. The number of rotatable bonds is 4. The van der Waals surface area contributed by atoms with Gasteiger partial charge in [0.15, 0.2) is 5.13 Å². The van der Waals surface area contributed by atoms with Crippen LogP contribution < -0.4 is 4.90 Å². The maximum Gasteiger partial charge on any atom is 0.337 e. The van der Waals surface area contributed by atoms with Gasteiger partial charge in [0.25, 0.3) is 0 Å². The molecule has 140 valence electrons. The molecule has 1 aliphatic rings. The minimum absolute atomic E-state index is 0.294. The van der Waals surface area contributed by atoms with Gasteiger partial charge in [-0.1, -0.05) is 35.1 Å². The van der Waals surface area contributed by atoms with Crippen LogP contribution >= 0.6 is 22.9 Å². The molecule has 0 spiro atoms. The van der Waals surface area contributed by atoms with Gasteiger partial charge in [-0.05, 0) is 35.9 Å². The number of piperazine rings is 1. The van der Waals surface area contributed by atoms with Crippen LogP contribution in [0.15, 0.2) is 42.5 Å². The summed E-state index contributed by atoms with van der Waals surface area (Å²) in [4.78, 5) is 21.2. The van der Waals surface area contributed by atoms with Crippen LogP contribution in [0.3, 0.4) is 0 Å². The number of carbonyl (C=O) groups is 1. The Balaban J connectivity index is 1.39. The fourth-order valence-electron chi connectivity index (χ4n) is 3.29. The maximum atomic E-state index is 11.7. The molecule has 5 nitrogen and oxygen atoms in total. The normalized spacial score (nSPS) is 15.3. The zero-order valence-corrected chi connectivity index (χ0v) is 16.6. The highest BCUT2D eigenvalue weighted by Crippen LogP contribution is 2.31. The van der Waals surface area contributed by atoms with Crippen molar-refractivity contribution in [1.82, 2.24) is 9.88 Å². The van der Waals surface area contributed by atoms with Crippen LogP contribution in [-0.2, 0) is 11.3 Å². The van der Waals surface area contributed by atoms with Gasteiger partial charge in [0.05, 0.1) is 22.9 Å². The number of fused-ring (bicyclic) bond motifs is 1. The summed E-state index contributed by atoms with van der Waals surface area (Å²) in [5, 5.41) is 1.80. The van der Waals surface area contributed by atoms with Crippen LogP contribution in [0, 0.1) is 0 Å². The van der Waals surface area contributed by atoms with Gasteiger partial charge in [-0.2, -0.15) is 0 Å². The van der Waals surface area contributed by atoms with Gasteiger partial charge >= 0.3 is 5.97 Å². The number of hydrogen-bond acceptors (Lipinski definition) is 6. The van der Waals surface area contributed by atoms with Crippen molar-refractivity contribution in [3.63, 3.8) is 0 Å². The summed E-state index contributed by atoms with van der Waals surface area (Å²) in [6, 6.07) is 13.5. The maximum absolute atomic E-state index is 11.7. The standard InChI is InChI=1S/C20H20ClN3O2S/c1-26-19(25)15-4-2-3-14(11-15)13-23-7-9-24(10-8-23)20-22-17-6-5-16(21)12-18(17)27-20/h2-6,11-12H,7-10,13H2,1H3. The zero-order chi connectivity index (χ0) is 18.8. The number of benzene rings is 2. The molecule has 7 heteroatoms. The molecule has 1 aliphatic heterocycles. The van der Waals surface area contributed by atoms with E-state index in [1.54, 1.807) is 17.4 Å². The average molecular weight is 402 g/mol. The van der Waals surface area contributed by atoms with E-state index in [1.165, 1.54) is 7.11 Å². The van der Waals surface area contributed by atoms with E-state index in [4.69, 9.17) is 21.3 Å². The summed E-state index contributed by atoms with van der Waals surface area (Å²) in [6.45, 7) is 4.61. The van der Waals surface area contributed by atoms with Crippen molar-refractivity contribution < 1.29 is 9.53 Å². The molecule has 0 unspecified atom stereocenters. The first-order valence-corrected chi connectivity index (χ1v) is 10.0. The molecule has 1 aromatic heterocycles. The van der Waals surface area contributed by atoms with E-state index in [0.717, 1.165) is 58.7 Å². The highest BCUT2D eigenvalue weighted by Gasteiger charge is 2.20. The summed E-state index contributed by atoms with van der Waals surface area (Å²) in [5.74, 6) is -0.294. The SMILES string of the molecule is COC(=O)c1cccc(CN2CCN(c3nc4ccc(Cl)cc4s3)CC2)c1. The molecular weight excluding hydrogens is 382 g/mol. The fourth-order valence-corrected chi connectivity index (χ4v) is 4.58. The molecule has 0 N–H and O–H groups in total. The van der Waals surface area contributed by atoms with Crippen molar-refractivity contribution in [2.75, 3.05) is 38.2 Å². The zero-order valence-electron chi connectivity index (χ0n) is 15.0. The Bertz CT molecular complexity index is 967. The van der Waals surface area contributed by atoms with Crippen molar-refractivity contribution in [2.24, 2.45) is 0 Å². The van der Waals surface area contributed by atoms with E-state index in [-0.39, 0.29) is 5.97 Å². The van der Waals surface area contributed by atoms with E-state index < -0.39 is 0 Å². The van der Waals surface area contributed by atoms with Gasteiger partial charge in [-0.15, -0.1) is 0 Å². The molecule has 0 atom stereocenters. The second-order valence-electron chi connectivity index (χ2n) is 6.56. The largest absolute Gasteiger partial charge is 0.465 e. The first-order valence-electron chi connectivity index (χ1n) is 8.83. The Labute approximate surface area is 167 Å². The first-order chi connectivity index (χ1) is 13.1. The lowest BCUT2D eigenvalue weighted by molar-refractivity contribution is 0.0600. The predicted octanol–water partition coefficient (Wildman–Crippen LogP) is 4.06. The van der Waals surface area contributed by atoms with Crippen LogP contribution in [0.25, 0.3) is 10.2 Å². The van der Waals surface area contributed by atoms with Crippen LogP contribution in [0.1, 0.15) is 15.9 Å². The Morgan fingerprint density at radius 2 is 2.00 bits per heavy atom. The number of nitrogens with zero attached hydrogens (tertiary/aromatic N) is 3. The van der Waals surface area contributed by atoms with E-state index in [2.05, 4.69) is 15.9 Å². The Morgan fingerprint density at radius 3 is 2.78 bits per heavy atom. The topological polar surface area (TPSA) is 45.7 Å². The van der Waals surface area contributed by atoms with E-state index in [1.807, 2.05) is 30.3 Å². The summed E-state index contributed by atoms with van der Waals surface area (Å²) in [5.41, 5.74) is 2.73. The second-order valence-corrected chi connectivity index (χ2v) is 8.01. The van der Waals surface area contributed by atoms with Crippen molar-refractivity contribution in [3.8, 4) is 0 Å². The molecule has 0 radical (unpaired) electrons. The summed E-state index contributed by atoms with van der Waals surface area (Å²) >= 11 is 7.77. The van der Waals surface area contributed by atoms with Crippen molar-refractivity contribution in [1.29, 1.82) is 0 Å². The number of halogens is 1. The Hall–Kier alpha value is -2.15. The summed E-state index contributed by atoms with van der Waals surface area (Å²) in [7, 11) is 1.41. The van der Waals surface area contributed by atoms with Gasteiger partial charge in [-0.3, -0.25) is 4.90 Å². The van der Waals surface area contributed by atoms with Gasteiger partial charge < -0.3 is 9.64 Å². The molecular formula is C20H20ClN3O2S. The van der Waals surface area contributed by atoms with Gasteiger partial charge in [0.1, 0.15) is 0 Å². The lowest BCUT2D eigenvalue weighted by Crippen LogP contribution is -2.45. The highest BCUT2D eigenvalue weighted by molar-refractivity contribution is 7.22. The molecule has 0 saturated carbocycles. The summed E-state index contributed by atoms with van der Waals surface area (Å²) < 4.78 is 5.93. The van der Waals surface area contributed by atoms with E-state index in [9.17, 15) is 4.79 Å². The lowest BCUT2D eigenvalue weighted by atomic mass is 10.1. The van der Waals surface area contributed by atoms with Crippen LogP contribution in [0.4, 0.5) is 5.13 Å². The third kappa shape index (κ3) is 4.08. The van der Waals surface area contributed by atoms with Gasteiger partial charge in [0, 0.05) is 37.7 Å². The van der Waals surface area contributed by atoms with Crippen molar-refractivity contribution in [3.05, 3.63) is 58.6 Å². The molecule has 0 bridgehead atoms. The van der Waals surface area contributed by atoms with Crippen molar-refractivity contribution >= 4 is 44.3 Å². The lowest BCUT2D eigenvalue weighted by Gasteiger charge is -2.34. The van der Waals surface area contributed by atoms with E-state index in [0.29, 0.717) is 5.56 Å². The van der Waals surface area contributed by atoms with Crippen LogP contribution in [0.5, 0.6) is 0 Å². The quantitative estimate of drug-likeness (QED) is 0.617. The Morgan fingerprint density at radius 1 is 1.19 bits per heavy atom. The van der Waals surface area contributed by atoms with Gasteiger partial charge in [-0.25, -0.2) is 9.78 Å². The summed E-state index contributed by atoms with van der Waals surface area (Å²) in [6.07, 6.45) is 0. The molecule has 0 aliphatic carbocycles. The molecule has 2 aromatic carbocycles. The Kier molecular flexibility index (Phi) is 5.29. The molecule has 1 saturated heterocycles. The van der Waals surface area contributed by atoms with Crippen LogP contribution in [-0.4, -0.2) is 49.1 Å². The number of hydrogen-bond donors (Lipinski definition) is 0. The molecule has 27 heavy (non-hydrogen) atoms. The van der Waals surface area contributed by atoms with Crippen LogP contribution in [0.2, 0.25) is 5.02 Å². The average Bonchev–Trinajstić information content (AvgIpc) is 3.11. The minimum Gasteiger partial charge on any atom is -0.465 e. The van der Waals surface area contributed by atoms with Gasteiger partial charge in [0.2, 0.25) is 0 Å². The minimum atomic E-state index is -0.294. The predicted molar refractivity (Wildman–Crippen MR) is 110 cm³/mol. The molecule has 1 fully saturated rings. The molecule has 2 heterocycles. The third-order valence-corrected chi connectivity index (χ3v) is 6.05. The number of carbonyl (C=O) groups excluding carboxylic acids is 1. The number of methoxy groups -OCH3 is 1. The number of aromatic nitrogens is 1. The smallest absolute Gasteiger partial charge is 0.337 e. The highest BCUT2D eigenvalue weighted by atomic mass is 35.5. The number of anilines is 1.